The van der Waals surface area contributed by atoms with Gasteiger partial charge >= 0.3 is 23.9 Å². The summed E-state index contributed by atoms with van der Waals surface area (Å²) in [5, 5.41) is 0. The maximum absolute atomic E-state index is 13.4. The van der Waals surface area contributed by atoms with Gasteiger partial charge in [-0.05, 0) is 19.3 Å². The fraction of sp³-hybridized carbons (Fsp3) is 0.647. The molecule has 0 aromatic heterocycles. The number of hydrogen-bond donors (Lipinski definition) is 0. The van der Waals surface area contributed by atoms with Gasteiger partial charge in [0, 0.05) is 0 Å². The number of carbonyl (C=O) groups excluding carboxylic acids is 6. The van der Waals surface area contributed by atoms with E-state index in [0.29, 0.717) is 0 Å². The quantitative estimate of drug-likeness (QED) is 0.344. The number of hydrogen-bond acceptors (Lipinski definition) is 10. The highest BCUT2D eigenvalue weighted by atomic mass is 16.5. The summed E-state index contributed by atoms with van der Waals surface area (Å²) in [4.78, 5) is 76.2. The SMILES string of the molecule is COC(=O)C1CC2(C(=O)OC)CCC(C(=O)OC)C(C(=O)OC)(C1=O)C2=O. The zero-order chi connectivity index (χ0) is 20.6. The van der Waals surface area contributed by atoms with Crippen LogP contribution < -0.4 is 0 Å². The highest BCUT2D eigenvalue weighted by molar-refractivity contribution is 6.33. The van der Waals surface area contributed by atoms with Gasteiger partial charge in [0.15, 0.2) is 17.0 Å². The molecule has 4 unspecified atom stereocenters. The van der Waals surface area contributed by atoms with Gasteiger partial charge in [0.25, 0.3) is 0 Å². The Balaban J connectivity index is 2.82. The average molecular weight is 384 g/mol. The molecule has 0 spiro atoms. The molecule has 10 heteroatoms. The number of fused-ring (bicyclic) bond motifs is 2. The molecule has 27 heavy (non-hydrogen) atoms. The number of esters is 4. The van der Waals surface area contributed by atoms with Crippen molar-refractivity contribution in [1.29, 1.82) is 0 Å². The number of methoxy groups -OCH3 is 4. The van der Waals surface area contributed by atoms with Crippen molar-refractivity contribution >= 4 is 35.4 Å². The number of Topliss-reactive ketones (excluding diaryl/α,β-unsaturated/α-hetero) is 2. The number of carbonyl (C=O) groups is 6. The second-order valence-electron chi connectivity index (χ2n) is 6.46. The molecular weight excluding hydrogens is 364 g/mol. The molecule has 0 radical (unpaired) electrons. The van der Waals surface area contributed by atoms with E-state index < -0.39 is 64.5 Å². The minimum absolute atomic E-state index is 0.178. The maximum Gasteiger partial charge on any atom is 0.328 e. The molecule has 2 fully saturated rings. The van der Waals surface area contributed by atoms with Crippen molar-refractivity contribution in [2.24, 2.45) is 22.7 Å². The first kappa shape index (κ1) is 20.5. The van der Waals surface area contributed by atoms with E-state index in [9.17, 15) is 28.8 Å². The van der Waals surface area contributed by atoms with E-state index in [2.05, 4.69) is 14.2 Å². The van der Waals surface area contributed by atoms with E-state index in [1.807, 2.05) is 0 Å². The Kier molecular flexibility index (Phi) is 5.39. The van der Waals surface area contributed by atoms with Crippen LogP contribution in [0.2, 0.25) is 0 Å². The fourth-order valence-corrected chi connectivity index (χ4v) is 4.19. The van der Waals surface area contributed by atoms with Gasteiger partial charge in [-0.2, -0.15) is 0 Å². The molecule has 10 nitrogen and oxygen atoms in total. The van der Waals surface area contributed by atoms with Crippen LogP contribution in [0, 0.1) is 22.7 Å². The van der Waals surface area contributed by atoms with Crippen molar-refractivity contribution in [3.8, 4) is 0 Å². The van der Waals surface area contributed by atoms with E-state index in [4.69, 9.17) is 4.74 Å². The zero-order valence-electron chi connectivity index (χ0n) is 15.4. The van der Waals surface area contributed by atoms with Gasteiger partial charge in [0.1, 0.15) is 11.3 Å². The van der Waals surface area contributed by atoms with Gasteiger partial charge in [0.2, 0.25) is 0 Å². The van der Waals surface area contributed by atoms with Crippen molar-refractivity contribution in [2.45, 2.75) is 19.3 Å². The molecule has 2 bridgehead atoms. The van der Waals surface area contributed by atoms with Crippen molar-refractivity contribution in [2.75, 3.05) is 28.4 Å². The van der Waals surface area contributed by atoms with Gasteiger partial charge in [0.05, 0.1) is 34.4 Å². The standard InChI is InChI=1S/C17H20O10/c1-24-11(19)8-7-16(14(22)26-3)6-5-9(12(20)25-2)17(10(8)18,13(16)21)15(23)27-4/h8-9H,5-7H2,1-4H3. The van der Waals surface area contributed by atoms with Crippen LogP contribution in [0.4, 0.5) is 0 Å². The lowest BCUT2D eigenvalue weighted by atomic mass is 9.47. The normalized spacial score (nSPS) is 32.3. The lowest BCUT2D eigenvalue weighted by Crippen LogP contribution is -2.70. The van der Waals surface area contributed by atoms with Crippen molar-refractivity contribution < 1.29 is 47.7 Å². The number of ether oxygens (including phenoxy) is 4. The molecule has 0 saturated heterocycles. The first-order valence-electron chi connectivity index (χ1n) is 8.10. The molecule has 0 heterocycles. The summed E-state index contributed by atoms with van der Waals surface area (Å²) < 4.78 is 18.6. The molecule has 0 aliphatic heterocycles. The minimum Gasteiger partial charge on any atom is -0.469 e. The van der Waals surface area contributed by atoms with Crippen LogP contribution in [-0.2, 0) is 47.7 Å². The third-order valence-electron chi connectivity index (χ3n) is 5.49. The Bertz CT molecular complexity index is 725. The van der Waals surface area contributed by atoms with Crippen LogP contribution in [0.25, 0.3) is 0 Å². The molecule has 0 aromatic carbocycles. The smallest absolute Gasteiger partial charge is 0.328 e. The monoisotopic (exact) mass is 384 g/mol. The minimum atomic E-state index is -2.68. The first-order valence-corrected chi connectivity index (χ1v) is 8.10. The lowest BCUT2D eigenvalue weighted by Gasteiger charge is -2.50. The summed E-state index contributed by atoms with van der Waals surface area (Å²) in [6.07, 6.45) is -0.878. The fourth-order valence-electron chi connectivity index (χ4n) is 4.19. The molecule has 148 valence electrons. The maximum atomic E-state index is 13.4. The van der Waals surface area contributed by atoms with Crippen LogP contribution in [0.5, 0.6) is 0 Å². The molecule has 2 aliphatic rings. The molecule has 2 saturated carbocycles. The summed E-state index contributed by atoms with van der Waals surface area (Å²) in [7, 11) is 4.03. The summed E-state index contributed by atoms with van der Waals surface area (Å²) >= 11 is 0. The molecule has 0 N–H and O–H groups in total. The third-order valence-corrected chi connectivity index (χ3v) is 5.49. The van der Waals surface area contributed by atoms with E-state index >= 15 is 0 Å². The Morgan fingerprint density at radius 1 is 0.852 bits per heavy atom. The predicted octanol–water partition coefficient (Wildman–Crippen LogP) is -0.781. The Morgan fingerprint density at radius 2 is 1.41 bits per heavy atom. The summed E-state index contributed by atoms with van der Waals surface area (Å²) in [5.74, 6) is -9.73. The Hall–Kier alpha value is -2.78. The molecule has 4 atom stereocenters. The van der Waals surface area contributed by atoms with E-state index in [0.717, 1.165) is 28.4 Å². The average Bonchev–Trinajstić information content (AvgIpc) is 2.68. The van der Waals surface area contributed by atoms with Crippen molar-refractivity contribution in [3.05, 3.63) is 0 Å². The van der Waals surface area contributed by atoms with Crippen molar-refractivity contribution in [1.82, 2.24) is 0 Å². The highest BCUT2D eigenvalue weighted by Crippen LogP contribution is 2.57. The van der Waals surface area contributed by atoms with Gasteiger partial charge in [-0.25, -0.2) is 0 Å². The van der Waals surface area contributed by atoms with Crippen LogP contribution in [0.15, 0.2) is 0 Å². The summed E-state index contributed by atoms with van der Waals surface area (Å²) in [6.45, 7) is 0. The van der Waals surface area contributed by atoms with Gasteiger partial charge < -0.3 is 18.9 Å². The van der Waals surface area contributed by atoms with Crippen molar-refractivity contribution in [3.63, 3.8) is 0 Å². The van der Waals surface area contributed by atoms with Crippen LogP contribution >= 0.6 is 0 Å². The highest BCUT2D eigenvalue weighted by Gasteiger charge is 2.76. The second-order valence-corrected chi connectivity index (χ2v) is 6.46. The van der Waals surface area contributed by atoms with E-state index in [-0.39, 0.29) is 12.8 Å². The second kappa shape index (κ2) is 7.09. The van der Waals surface area contributed by atoms with Crippen LogP contribution in [0.3, 0.4) is 0 Å². The molecular formula is C17H20O10. The Morgan fingerprint density at radius 3 is 1.89 bits per heavy atom. The topological polar surface area (TPSA) is 139 Å². The number of rotatable bonds is 4. The zero-order valence-corrected chi connectivity index (χ0v) is 15.4. The molecule has 2 aliphatic carbocycles. The van der Waals surface area contributed by atoms with Gasteiger partial charge in [-0.1, -0.05) is 0 Å². The predicted molar refractivity (Wildman–Crippen MR) is 83.8 cm³/mol. The van der Waals surface area contributed by atoms with Gasteiger partial charge in [-0.3, -0.25) is 28.8 Å². The van der Waals surface area contributed by atoms with Crippen LogP contribution in [0.1, 0.15) is 19.3 Å². The molecule has 2 rings (SSSR count). The first-order chi connectivity index (χ1) is 12.7. The van der Waals surface area contributed by atoms with Gasteiger partial charge in [-0.15, -0.1) is 0 Å². The van der Waals surface area contributed by atoms with Crippen LogP contribution in [-0.4, -0.2) is 63.9 Å². The lowest BCUT2D eigenvalue weighted by molar-refractivity contribution is -0.194. The molecule has 0 aromatic rings. The number of ketones is 2. The third kappa shape index (κ3) is 2.54. The van der Waals surface area contributed by atoms with E-state index in [1.165, 1.54) is 0 Å². The summed E-state index contributed by atoms with van der Waals surface area (Å²) in [6, 6.07) is 0. The van der Waals surface area contributed by atoms with E-state index in [1.54, 1.807) is 0 Å². The summed E-state index contributed by atoms with van der Waals surface area (Å²) in [5.41, 5.74) is -4.62. The molecule has 0 amide bonds. The Labute approximate surface area is 154 Å². The largest absolute Gasteiger partial charge is 0.469 e.